The molecule has 19 heavy (non-hydrogen) atoms. The summed E-state index contributed by atoms with van der Waals surface area (Å²) >= 11 is 0. The Morgan fingerprint density at radius 2 is 1.84 bits per heavy atom. The molecule has 1 aromatic rings. The number of carbonyl (C=O) groups excluding carboxylic acids is 1. The van der Waals surface area contributed by atoms with Crippen molar-refractivity contribution in [1.29, 1.82) is 0 Å². The van der Waals surface area contributed by atoms with Gasteiger partial charge in [-0.3, -0.25) is 10.1 Å². The number of hydrogen-bond donors (Lipinski definition) is 1. The van der Waals surface area contributed by atoms with Crippen LogP contribution in [0.25, 0.3) is 0 Å². The molecule has 1 unspecified atom stereocenters. The highest BCUT2D eigenvalue weighted by molar-refractivity contribution is 5.81. The summed E-state index contributed by atoms with van der Waals surface area (Å²) in [5.41, 5.74) is 1.19. The average molecular weight is 259 g/mol. The zero-order valence-electron chi connectivity index (χ0n) is 11.4. The average Bonchev–Trinajstić information content (AvgIpc) is 2.83. The first kappa shape index (κ1) is 12.6. The summed E-state index contributed by atoms with van der Waals surface area (Å²) in [5, 5.41) is 3.34. The Kier molecular flexibility index (Phi) is 3.53. The Balaban J connectivity index is 1.79. The third-order valence-corrected chi connectivity index (χ3v) is 4.21. The summed E-state index contributed by atoms with van der Waals surface area (Å²) in [5.74, 6) is 0.239. The number of rotatable bonds is 2. The molecule has 2 aliphatic rings. The van der Waals surface area contributed by atoms with Crippen LogP contribution in [0.1, 0.15) is 24.6 Å². The van der Waals surface area contributed by atoms with Gasteiger partial charge in [0.2, 0.25) is 5.91 Å². The van der Waals surface area contributed by atoms with Crippen LogP contribution in [0.3, 0.4) is 0 Å². The molecule has 1 amide bonds. The molecule has 1 atom stereocenters. The molecule has 0 bridgehead atoms. The Bertz CT molecular complexity index is 440. The Hall–Kier alpha value is -1.39. The first-order valence-corrected chi connectivity index (χ1v) is 7.04. The topological polar surface area (TPSA) is 35.6 Å². The van der Waals surface area contributed by atoms with Crippen LogP contribution < -0.4 is 5.32 Å². The number of piperidine rings is 1. The normalized spacial score (nSPS) is 26.1. The molecule has 102 valence electrons. The molecular formula is C15H21N3O. The summed E-state index contributed by atoms with van der Waals surface area (Å²) in [6.45, 7) is 2.62. The second kappa shape index (κ2) is 5.31. The maximum Gasteiger partial charge on any atom is 0.238 e. The van der Waals surface area contributed by atoms with Crippen LogP contribution in [0.2, 0.25) is 0 Å². The number of hydrogen-bond acceptors (Lipinski definition) is 3. The molecular weight excluding hydrogens is 238 g/mol. The molecule has 3 rings (SSSR count). The van der Waals surface area contributed by atoms with Gasteiger partial charge in [-0.1, -0.05) is 30.3 Å². The van der Waals surface area contributed by atoms with E-state index in [1.165, 1.54) is 5.56 Å². The molecule has 1 N–H and O–H groups in total. The molecule has 4 heteroatoms. The molecule has 2 heterocycles. The molecule has 0 spiro atoms. The van der Waals surface area contributed by atoms with Crippen molar-refractivity contribution in [3.8, 4) is 0 Å². The van der Waals surface area contributed by atoms with Gasteiger partial charge in [0.25, 0.3) is 0 Å². The number of nitrogens with one attached hydrogen (secondary N) is 1. The van der Waals surface area contributed by atoms with Crippen LogP contribution in [-0.2, 0) is 4.79 Å². The molecule has 2 fully saturated rings. The predicted octanol–water partition coefficient (Wildman–Crippen LogP) is 1.21. The van der Waals surface area contributed by atoms with Gasteiger partial charge in [0.15, 0.2) is 0 Å². The van der Waals surface area contributed by atoms with Crippen LogP contribution in [0.5, 0.6) is 0 Å². The number of amides is 1. The van der Waals surface area contributed by atoms with Gasteiger partial charge in [0, 0.05) is 6.04 Å². The van der Waals surface area contributed by atoms with E-state index in [0.29, 0.717) is 12.6 Å². The largest absolute Gasteiger partial charge is 0.319 e. The number of carbonyl (C=O) groups is 1. The second-order valence-electron chi connectivity index (χ2n) is 5.53. The smallest absolute Gasteiger partial charge is 0.238 e. The van der Waals surface area contributed by atoms with E-state index in [-0.39, 0.29) is 12.1 Å². The fourth-order valence-corrected chi connectivity index (χ4v) is 3.12. The maximum atomic E-state index is 12.2. The highest BCUT2D eigenvalue weighted by Crippen LogP contribution is 2.28. The van der Waals surface area contributed by atoms with E-state index in [0.717, 1.165) is 25.9 Å². The molecule has 0 radical (unpaired) electrons. The van der Waals surface area contributed by atoms with Crippen LogP contribution in [0, 0.1) is 0 Å². The molecule has 0 saturated carbocycles. The van der Waals surface area contributed by atoms with Crippen molar-refractivity contribution in [2.45, 2.75) is 25.0 Å². The lowest BCUT2D eigenvalue weighted by molar-refractivity contribution is -0.131. The lowest BCUT2D eigenvalue weighted by atomic mass is 10.0. The monoisotopic (exact) mass is 259 g/mol. The van der Waals surface area contributed by atoms with Crippen molar-refractivity contribution in [1.82, 2.24) is 15.1 Å². The third-order valence-electron chi connectivity index (χ3n) is 4.21. The van der Waals surface area contributed by atoms with Crippen molar-refractivity contribution in [3.05, 3.63) is 35.9 Å². The van der Waals surface area contributed by atoms with Gasteiger partial charge in [-0.2, -0.15) is 0 Å². The third kappa shape index (κ3) is 2.51. The van der Waals surface area contributed by atoms with E-state index in [1.54, 1.807) is 0 Å². The van der Waals surface area contributed by atoms with Crippen LogP contribution in [0.15, 0.2) is 30.3 Å². The number of nitrogens with zero attached hydrogens (tertiary/aromatic N) is 2. The maximum absolute atomic E-state index is 12.2. The first-order chi connectivity index (χ1) is 9.25. The highest BCUT2D eigenvalue weighted by atomic mass is 16.2. The summed E-state index contributed by atoms with van der Waals surface area (Å²) in [7, 11) is 2.15. The molecule has 0 aromatic heterocycles. The van der Waals surface area contributed by atoms with Crippen LogP contribution >= 0.6 is 0 Å². The van der Waals surface area contributed by atoms with Crippen LogP contribution in [-0.4, -0.2) is 48.4 Å². The summed E-state index contributed by atoms with van der Waals surface area (Å²) in [6, 6.07) is 10.7. The van der Waals surface area contributed by atoms with Gasteiger partial charge in [-0.05, 0) is 38.5 Å². The predicted molar refractivity (Wildman–Crippen MR) is 74.6 cm³/mol. The Morgan fingerprint density at radius 3 is 2.53 bits per heavy atom. The quantitative estimate of drug-likeness (QED) is 0.867. The summed E-state index contributed by atoms with van der Waals surface area (Å²) in [6.07, 6.45) is 2.21. The van der Waals surface area contributed by atoms with E-state index in [2.05, 4.69) is 34.3 Å². The van der Waals surface area contributed by atoms with E-state index in [4.69, 9.17) is 0 Å². The minimum Gasteiger partial charge on any atom is -0.319 e. The second-order valence-corrected chi connectivity index (χ2v) is 5.53. The lowest BCUT2D eigenvalue weighted by Gasteiger charge is -2.38. The van der Waals surface area contributed by atoms with Crippen molar-refractivity contribution in [2.24, 2.45) is 0 Å². The Morgan fingerprint density at radius 1 is 1.16 bits per heavy atom. The molecule has 2 saturated heterocycles. The van der Waals surface area contributed by atoms with Gasteiger partial charge in [0.05, 0.1) is 6.54 Å². The Labute approximate surface area is 114 Å². The minimum atomic E-state index is 0.0575. The fourth-order valence-electron chi connectivity index (χ4n) is 3.12. The van der Waals surface area contributed by atoms with E-state index >= 15 is 0 Å². The lowest BCUT2D eigenvalue weighted by Crippen LogP contribution is -2.46. The van der Waals surface area contributed by atoms with E-state index in [9.17, 15) is 4.79 Å². The van der Waals surface area contributed by atoms with Gasteiger partial charge in [-0.25, -0.2) is 0 Å². The molecule has 1 aromatic carbocycles. The molecule has 0 aliphatic carbocycles. The van der Waals surface area contributed by atoms with Crippen molar-refractivity contribution < 1.29 is 4.79 Å². The first-order valence-electron chi connectivity index (χ1n) is 7.04. The summed E-state index contributed by atoms with van der Waals surface area (Å²) in [4.78, 5) is 16.6. The van der Waals surface area contributed by atoms with Crippen molar-refractivity contribution >= 4 is 5.91 Å². The van der Waals surface area contributed by atoms with Crippen molar-refractivity contribution in [3.63, 3.8) is 0 Å². The van der Waals surface area contributed by atoms with Crippen LogP contribution in [0.4, 0.5) is 0 Å². The zero-order valence-corrected chi connectivity index (χ0v) is 11.4. The van der Waals surface area contributed by atoms with Gasteiger partial charge < -0.3 is 9.80 Å². The number of likely N-dealkylation sites (tertiary alicyclic amines) is 1. The van der Waals surface area contributed by atoms with E-state index < -0.39 is 0 Å². The molecule has 2 aliphatic heterocycles. The zero-order chi connectivity index (χ0) is 13.2. The fraction of sp³-hybridized carbons (Fsp3) is 0.533. The summed E-state index contributed by atoms with van der Waals surface area (Å²) < 4.78 is 0. The van der Waals surface area contributed by atoms with Gasteiger partial charge in [-0.15, -0.1) is 0 Å². The molecule has 4 nitrogen and oxygen atoms in total. The van der Waals surface area contributed by atoms with Crippen molar-refractivity contribution in [2.75, 3.05) is 26.7 Å². The standard InChI is InChI=1S/C15H21N3O/c1-17-9-7-13(8-10-17)18-14(19)11-16-15(18)12-5-3-2-4-6-12/h2-6,13,15-16H,7-11H2,1H3. The SMILES string of the molecule is CN1CCC(N2C(=O)CNC2c2ccccc2)CC1. The van der Waals surface area contributed by atoms with E-state index in [1.807, 2.05) is 18.2 Å². The minimum absolute atomic E-state index is 0.0575. The highest BCUT2D eigenvalue weighted by Gasteiger charge is 2.37. The van der Waals surface area contributed by atoms with Gasteiger partial charge >= 0.3 is 0 Å². The number of benzene rings is 1. The van der Waals surface area contributed by atoms with Gasteiger partial charge in [0.1, 0.15) is 6.17 Å².